The molecule has 3 nitrogen and oxygen atoms in total. The molecular weight excluding hydrogens is 166 g/mol. The summed E-state index contributed by atoms with van der Waals surface area (Å²) in [5.41, 5.74) is 1.62. The Morgan fingerprint density at radius 2 is 1.85 bits per heavy atom. The molecule has 0 unspecified atom stereocenters. The number of nitrogens with one attached hydrogen (secondary N) is 1. The van der Waals surface area contributed by atoms with Crippen LogP contribution in [0.5, 0.6) is 0 Å². The van der Waals surface area contributed by atoms with Gasteiger partial charge in [0.25, 0.3) is 0 Å². The number of allylic oxidation sites excluding steroid dienone is 1. The van der Waals surface area contributed by atoms with Crippen molar-refractivity contribution in [3.05, 3.63) is 12.7 Å². The van der Waals surface area contributed by atoms with Crippen LogP contribution in [0.1, 0.15) is 44.9 Å². The Balaban J connectivity index is 2.99. The highest BCUT2D eigenvalue weighted by Gasteiger charge is 1.97. The van der Waals surface area contributed by atoms with Crippen LogP contribution in [0.15, 0.2) is 12.7 Å². The minimum absolute atomic E-state index is 0.286. The van der Waals surface area contributed by atoms with E-state index >= 15 is 0 Å². The van der Waals surface area contributed by atoms with Gasteiger partial charge in [-0.1, -0.05) is 25.3 Å². The molecule has 3 heteroatoms. The van der Waals surface area contributed by atoms with E-state index in [0.29, 0.717) is 6.42 Å². The standard InChI is InChI=1S/C10H19NO2/c1-2-3-4-5-6-7-8-9-10(12)11-13/h2,13H,1,3-9H2,(H,11,12). The molecule has 0 aromatic rings. The first kappa shape index (κ1) is 12.2. The van der Waals surface area contributed by atoms with Crippen LogP contribution in [0.2, 0.25) is 0 Å². The van der Waals surface area contributed by atoms with E-state index in [4.69, 9.17) is 5.21 Å². The van der Waals surface area contributed by atoms with Gasteiger partial charge in [0.15, 0.2) is 0 Å². The van der Waals surface area contributed by atoms with Gasteiger partial charge in [-0.25, -0.2) is 5.48 Å². The van der Waals surface area contributed by atoms with Crippen molar-refractivity contribution < 1.29 is 10.0 Å². The average molecular weight is 185 g/mol. The third-order valence-corrected chi connectivity index (χ3v) is 1.94. The van der Waals surface area contributed by atoms with Crippen molar-refractivity contribution in [1.82, 2.24) is 5.48 Å². The first-order valence-electron chi connectivity index (χ1n) is 4.85. The zero-order valence-electron chi connectivity index (χ0n) is 8.09. The lowest BCUT2D eigenvalue weighted by Gasteiger charge is -1.99. The normalized spacial score (nSPS) is 9.62. The van der Waals surface area contributed by atoms with E-state index in [2.05, 4.69) is 6.58 Å². The van der Waals surface area contributed by atoms with E-state index < -0.39 is 0 Å². The van der Waals surface area contributed by atoms with E-state index in [1.165, 1.54) is 12.8 Å². The molecule has 0 heterocycles. The lowest BCUT2D eigenvalue weighted by molar-refractivity contribution is -0.129. The van der Waals surface area contributed by atoms with Gasteiger partial charge >= 0.3 is 0 Å². The zero-order chi connectivity index (χ0) is 9.94. The third-order valence-electron chi connectivity index (χ3n) is 1.94. The first-order valence-corrected chi connectivity index (χ1v) is 4.85. The Morgan fingerprint density at radius 1 is 1.23 bits per heavy atom. The van der Waals surface area contributed by atoms with Crippen LogP contribution in [-0.2, 0) is 4.79 Å². The van der Waals surface area contributed by atoms with Gasteiger partial charge in [0.1, 0.15) is 0 Å². The van der Waals surface area contributed by atoms with E-state index in [9.17, 15) is 4.79 Å². The average Bonchev–Trinajstić information content (AvgIpc) is 2.16. The summed E-state index contributed by atoms with van der Waals surface area (Å²) >= 11 is 0. The Labute approximate surface area is 79.8 Å². The van der Waals surface area contributed by atoms with Crippen LogP contribution in [0, 0.1) is 0 Å². The molecule has 0 aliphatic heterocycles. The number of carbonyl (C=O) groups is 1. The number of unbranched alkanes of at least 4 members (excludes halogenated alkanes) is 5. The van der Waals surface area contributed by atoms with Crippen LogP contribution in [0.4, 0.5) is 0 Å². The quantitative estimate of drug-likeness (QED) is 0.264. The number of hydrogen-bond acceptors (Lipinski definition) is 2. The second-order valence-electron chi connectivity index (χ2n) is 3.13. The molecule has 0 aromatic heterocycles. The second kappa shape index (κ2) is 9.26. The minimum atomic E-state index is -0.286. The molecule has 2 N–H and O–H groups in total. The van der Waals surface area contributed by atoms with Crippen molar-refractivity contribution in [3.8, 4) is 0 Å². The molecule has 0 aliphatic rings. The summed E-state index contributed by atoms with van der Waals surface area (Å²) in [6, 6.07) is 0. The lowest BCUT2D eigenvalue weighted by atomic mass is 10.1. The first-order chi connectivity index (χ1) is 6.31. The molecule has 0 spiro atoms. The molecule has 0 saturated heterocycles. The molecule has 1 amide bonds. The maximum absolute atomic E-state index is 10.6. The zero-order valence-corrected chi connectivity index (χ0v) is 8.09. The highest BCUT2D eigenvalue weighted by molar-refractivity contribution is 5.74. The fourth-order valence-corrected chi connectivity index (χ4v) is 1.16. The summed E-state index contributed by atoms with van der Waals surface area (Å²) in [7, 11) is 0. The fraction of sp³-hybridized carbons (Fsp3) is 0.700. The Morgan fingerprint density at radius 3 is 2.46 bits per heavy atom. The van der Waals surface area contributed by atoms with E-state index in [0.717, 1.165) is 25.7 Å². The van der Waals surface area contributed by atoms with Crippen LogP contribution in [0.25, 0.3) is 0 Å². The predicted octanol–water partition coefficient (Wildman–Crippen LogP) is 2.41. The largest absolute Gasteiger partial charge is 0.289 e. The van der Waals surface area contributed by atoms with Gasteiger partial charge in [-0.05, 0) is 19.3 Å². The Kier molecular flexibility index (Phi) is 8.67. The van der Waals surface area contributed by atoms with Crippen LogP contribution >= 0.6 is 0 Å². The summed E-state index contributed by atoms with van der Waals surface area (Å²) in [6.45, 7) is 3.65. The third kappa shape index (κ3) is 9.08. The number of hydrogen-bond donors (Lipinski definition) is 2. The summed E-state index contributed by atoms with van der Waals surface area (Å²) in [6.07, 6.45) is 8.91. The number of rotatable bonds is 8. The Bertz CT molecular complexity index is 146. The molecule has 0 bridgehead atoms. The van der Waals surface area contributed by atoms with E-state index in [1.807, 2.05) is 6.08 Å². The fourth-order valence-electron chi connectivity index (χ4n) is 1.16. The van der Waals surface area contributed by atoms with E-state index in [1.54, 1.807) is 5.48 Å². The molecule has 76 valence electrons. The van der Waals surface area contributed by atoms with Gasteiger partial charge in [0.2, 0.25) is 5.91 Å². The topological polar surface area (TPSA) is 49.3 Å². The van der Waals surface area contributed by atoms with Crippen molar-refractivity contribution in [2.75, 3.05) is 0 Å². The molecule has 0 rings (SSSR count). The monoisotopic (exact) mass is 185 g/mol. The number of amides is 1. The lowest BCUT2D eigenvalue weighted by Crippen LogP contribution is -2.17. The maximum atomic E-state index is 10.6. The van der Waals surface area contributed by atoms with Gasteiger partial charge < -0.3 is 0 Å². The second-order valence-corrected chi connectivity index (χ2v) is 3.13. The molecular formula is C10H19NO2. The number of hydroxylamine groups is 1. The van der Waals surface area contributed by atoms with Gasteiger partial charge in [-0.15, -0.1) is 6.58 Å². The predicted molar refractivity (Wildman–Crippen MR) is 52.4 cm³/mol. The van der Waals surface area contributed by atoms with Crippen LogP contribution < -0.4 is 5.48 Å². The summed E-state index contributed by atoms with van der Waals surface area (Å²) in [5, 5.41) is 8.20. The summed E-state index contributed by atoms with van der Waals surface area (Å²) in [5.74, 6) is -0.286. The van der Waals surface area contributed by atoms with Gasteiger partial charge in [0.05, 0.1) is 0 Å². The molecule has 0 aromatic carbocycles. The van der Waals surface area contributed by atoms with Crippen molar-refractivity contribution >= 4 is 5.91 Å². The highest BCUT2D eigenvalue weighted by Crippen LogP contribution is 2.06. The molecule has 0 fully saturated rings. The van der Waals surface area contributed by atoms with Crippen LogP contribution in [0.3, 0.4) is 0 Å². The molecule has 0 radical (unpaired) electrons. The van der Waals surface area contributed by atoms with Gasteiger partial charge in [-0.2, -0.15) is 0 Å². The molecule has 13 heavy (non-hydrogen) atoms. The molecule has 0 saturated carbocycles. The minimum Gasteiger partial charge on any atom is -0.289 e. The van der Waals surface area contributed by atoms with E-state index in [-0.39, 0.29) is 5.91 Å². The number of carbonyl (C=O) groups excluding carboxylic acids is 1. The van der Waals surface area contributed by atoms with Crippen molar-refractivity contribution in [2.45, 2.75) is 44.9 Å². The van der Waals surface area contributed by atoms with Gasteiger partial charge in [-0.3, -0.25) is 10.0 Å². The SMILES string of the molecule is C=CCCCCCCCC(=O)NO. The summed E-state index contributed by atoms with van der Waals surface area (Å²) < 4.78 is 0. The maximum Gasteiger partial charge on any atom is 0.243 e. The van der Waals surface area contributed by atoms with Crippen molar-refractivity contribution in [3.63, 3.8) is 0 Å². The van der Waals surface area contributed by atoms with Crippen molar-refractivity contribution in [1.29, 1.82) is 0 Å². The molecule has 0 aliphatic carbocycles. The smallest absolute Gasteiger partial charge is 0.243 e. The summed E-state index contributed by atoms with van der Waals surface area (Å²) in [4.78, 5) is 10.6. The Hall–Kier alpha value is -0.830. The van der Waals surface area contributed by atoms with Crippen LogP contribution in [-0.4, -0.2) is 11.1 Å². The highest BCUT2D eigenvalue weighted by atomic mass is 16.5. The van der Waals surface area contributed by atoms with Crippen molar-refractivity contribution in [2.24, 2.45) is 0 Å². The van der Waals surface area contributed by atoms with Gasteiger partial charge in [0, 0.05) is 6.42 Å². The molecule has 0 atom stereocenters.